The smallest absolute Gasteiger partial charge is 0.337 e. The summed E-state index contributed by atoms with van der Waals surface area (Å²) >= 11 is 0. The Kier molecular flexibility index (Phi) is 4.24. The number of para-hydroxylation sites is 1. The standard InChI is InChI=1S/C19H22N2O2/c1-13-10-14(2)12-15(11-13)20-18-16(19(22)23)6-5-7-17(18)21-8-3-4-9-21/h5-7,10-12,20H,3-4,8-9H2,1-2H3,(H,22,23). The summed E-state index contributed by atoms with van der Waals surface area (Å²) in [5.41, 5.74) is 5.21. The average molecular weight is 310 g/mol. The summed E-state index contributed by atoms with van der Waals surface area (Å²) in [6, 6.07) is 11.7. The minimum Gasteiger partial charge on any atom is -0.478 e. The maximum atomic E-state index is 11.7. The predicted octanol–water partition coefficient (Wildman–Crippen LogP) is 4.35. The second-order valence-electron chi connectivity index (χ2n) is 6.20. The van der Waals surface area contributed by atoms with Gasteiger partial charge in [-0.15, -0.1) is 0 Å². The van der Waals surface area contributed by atoms with Crippen molar-refractivity contribution >= 4 is 23.0 Å². The Morgan fingerprint density at radius 1 is 1.09 bits per heavy atom. The van der Waals surface area contributed by atoms with E-state index in [1.807, 2.05) is 38.1 Å². The number of nitrogens with zero attached hydrogens (tertiary/aromatic N) is 1. The summed E-state index contributed by atoms with van der Waals surface area (Å²) in [5, 5.41) is 12.9. The van der Waals surface area contributed by atoms with Gasteiger partial charge in [0.1, 0.15) is 0 Å². The first-order valence-electron chi connectivity index (χ1n) is 8.01. The van der Waals surface area contributed by atoms with E-state index >= 15 is 0 Å². The lowest BCUT2D eigenvalue weighted by molar-refractivity contribution is 0.0698. The number of hydrogen-bond acceptors (Lipinski definition) is 3. The molecule has 1 fully saturated rings. The number of hydrogen-bond donors (Lipinski definition) is 2. The maximum absolute atomic E-state index is 11.7. The third-order valence-corrected chi connectivity index (χ3v) is 4.21. The van der Waals surface area contributed by atoms with E-state index in [4.69, 9.17) is 0 Å². The molecule has 3 rings (SSSR count). The number of nitrogens with one attached hydrogen (secondary N) is 1. The maximum Gasteiger partial charge on any atom is 0.337 e. The summed E-state index contributed by atoms with van der Waals surface area (Å²) in [5.74, 6) is -0.905. The average Bonchev–Trinajstić information content (AvgIpc) is 3.00. The van der Waals surface area contributed by atoms with Crippen LogP contribution in [0.1, 0.15) is 34.3 Å². The zero-order chi connectivity index (χ0) is 16.4. The highest BCUT2D eigenvalue weighted by molar-refractivity contribution is 5.99. The molecule has 0 radical (unpaired) electrons. The number of benzene rings is 2. The highest BCUT2D eigenvalue weighted by Crippen LogP contribution is 2.34. The summed E-state index contributed by atoms with van der Waals surface area (Å²) in [4.78, 5) is 13.9. The van der Waals surface area contributed by atoms with Gasteiger partial charge in [-0.3, -0.25) is 0 Å². The summed E-state index contributed by atoms with van der Waals surface area (Å²) in [6.07, 6.45) is 2.31. The normalized spacial score (nSPS) is 14.1. The fourth-order valence-electron chi connectivity index (χ4n) is 3.26. The van der Waals surface area contributed by atoms with Crippen molar-refractivity contribution in [2.75, 3.05) is 23.3 Å². The summed E-state index contributed by atoms with van der Waals surface area (Å²) in [7, 11) is 0. The molecule has 120 valence electrons. The van der Waals surface area contributed by atoms with Gasteiger partial charge in [0.05, 0.1) is 16.9 Å². The van der Waals surface area contributed by atoms with Gasteiger partial charge in [-0.1, -0.05) is 12.1 Å². The Balaban J connectivity index is 2.05. The highest BCUT2D eigenvalue weighted by Gasteiger charge is 2.20. The van der Waals surface area contributed by atoms with Gasteiger partial charge in [0, 0.05) is 18.8 Å². The SMILES string of the molecule is Cc1cc(C)cc(Nc2c(C(=O)O)cccc2N2CCCC2)c1. The number of carboxylic acid groups (broad SMARTS) is 1. The van der Waals surface area contributed by atoms with Crippen LogP contribution in [0.2, 0.25) is 0 Å². The minimum absolute atomic E-state index is 0.313. The summed E-state index contributed by atoms with van der Waals surface area (Å²) in [6.45, 7) is 6.04. The number of aryl methyl sites for hydroxylation is 2. The predicted molar refractivity (Wildman–Crippen MR) is 94.0 cm³/mol. The van der Waals surface area contributed by atoms with Crippen molar-refractivity contribution in [3.8, 4) is 0 Å². The molecule has 2 aromatic carbocycles. The highest BCUT2D eigenvalue weighted by atomic mass is 16.4. The van der Waals surface area contributed by atoms with Crippen molar-refractivity contribution in [1.82, 2.24) is 0 Å². The van der Waals surface area contributed by atoms with E-state index in [-0.39, 0.29) is 0 Å². The van der Waals surface area contributed by atoms with Gasteiger partial charge in [-0.05, 0) is 62.1 Å². The number of rotatable bonds is 4. The molecule has 4 heteroatoms. The van der Waals surface area contributed by atoms with Crippen molar-refractivity contribution in [2.45, 2.75) is 26.7 Å². The molecule has 0 spiro atoms. The zero-order valence-corrected chi connectivity index (χ0v) is 13.6. The van der Waals surface area contributed by atoms with Gasteiger partial charge >= 0.3 is 5.97 Å². The molecule has 0 atom stereocenters. The second-order valence-corrected chi connectivity index (χ2v) is 6.20. The molecule has 0 aromatic heterocycles. The molecule has 0 bridgehead atoms. The van der Waals surface area contributed by atoms with Crippen LogP contribution < -0.4 is 10.2 Å². The van der Waals surface area contributed by atoms with Crippen LogP contribution in [-0.2, 0) is 0 Å². The molecule has 0 amide bonds. The Morgan fingerprint density at radius 3 is 2.35 bits per heavy atom. The topological polar surface area (TPSA) is 52.6 Å². The largest absolute Gasteiger partial charge is 0.478 e. The van der Waals surface area contributed by atoms with Gasteiger partial charge < -0.3 is 15.3 Å². The number of aromatic carboxylic acids is 1. The molecule has 23 heavy (non-hydrogen) atoms. The van der Waals surface area contributed by atoms with Crippen LogP contribution in [0.15, 0.2) is 36.4 Å². The number of anilines is 3. The molecule has 2 aromatic rings. The Morgan fingerprint density at radius 2 is 1.74 bits per heavy atom. The van der Waals surface area contributed by atoms with E-state index in [2.05, 4.69) is 16.3 Å². The van der Waals surface area contributed by atoms with Crippen molar-refractivity contribution in [1.29, 1.82) is 0 Å². The lowest BCUT2D eigenvalue weighted by Gasteiger charge is -2.23. The molecule has 0 aliphatic carbocycles. The van der Waals surface area contributed by atoms with Gasteiger partial charge in [-0.2, -0.15) is 0 Å². The van der Waals surface area contributed by atoms with E-state index < -0.39 is 5.97 Å². The minimum atomic E-state index is -0.905. The first kappa shape index (κ1) is 15.4. The molecular formula is C19H22N2O2. The second kappa shape index (κ2) is 6.32. The lowest BCUT2D eigenvalue weighted by Crippen LogP contribution is -2.20. The lowest BCUT2D eigenvalue weighted by atomic mass is 10.1. The Bertz CT molecular complexity index is 714. The Hall–Kier alpha value is -2.49. The third-order valence-electron chi connectivity index (χ3n) is 4.21. The molecule has 1 aliphatic rings. The van der Waals surface area contributed by atoms with Crippen LogP contribution in [0.5, 0.6) is 0 Å². The van der Waals surface area contributed by atoms with E-state index in [0.29, 0.717) is 11.3 Å². The van der Waals surface area contributed by atoms with E-state index in [9.17, 15) is 9.90 Å². The van der Waals surface area contributed by atoms with Crippen molar-refractivity contribution in [3.63, 3.8) is 0 Å². The molecule has 1 saturated heterocycles. The monoisotopic (exact) mass is 310 g/mol. The van der Waals surface area contributed by atoms with Crippen LogP contribution >= 0.6 is 0 Å². The molecule has 4 nitrogen and oxygen atoms in total. The van der Waals surface area contributed by atoms with Crippen LogP contribution in [0, 0.1) is 13.8 Å². The van der Waals surface area contributed by atoms with Crippen LogP contribution in [-0.4, -0.2) is 24.2 Å². The number of carbonyl (C=O) groups is 1. The van der Waals surface area contributed by atoms with E-state index in [0.717, 1.165) is 48.4 Å². The molecule has 0 saturated carbocycles. The molecule has 1 heterocycles. The first-order chi connectivity index (χ1) is 11.0. The van der Waals surface area contributed by atoms with Crippen LogP contribution in [0.4, 0.5) is 17.1 Å². The van der Waals surface area contributed by atoms with Gasteiger partial charge in [-0.25, -0.2) is 4.79 Å². The fourth-order valence-corrected chi connectivity index (χ4v) is 3.26. The van der Waals surface area contributed by atoms with Crippen LogP contribution in [0.25, 0.3) is 0 Å². The van der Waals surface area contributed by atoms with Crippen molar-refractivity contribution in [3.05, 3.63) is 53.1 Å². The van der Waals surface area contributed by atoms with Crippen LogP contribution in [0.3, 0.4) is 0 Å². The van der Waals surface area contributed by atoms with E-state index in [1.165, 1.54) is 0 Å². The third kappa shape index (κ3) is 3.31. The summed E-state index contributed by atoms with van der Waals surface area (Å²) < 4.78 is 0. The van der Waals surface area contributed by atoms with Gasteiger partial charge in [0.25, 0.3) is 0 Å². The number of carboxylic acids is 1. The molecule has 0 unspecified atom stereocenters. The molecular weight excluding hydrogens is 288 g/mol. The van der Waals surface area contributed by atoms with Crippen molar-refractivity contribution in [2.24, 2.45) is 0 Å². The molecule has 2 N–H and O–H groups in total. The quantitative estimate of drug-likeness (QED) is 0.881. The zero-order valence-electron chi connectivity index (χ0n) is 13.6. The Labute approximate surface area is 136 Å². The first-order valence-corrected chi connectivity index (χ1v) is 8.01. The van der Waals surface area contributed by atoms with Crippen molar-refractivity contribution < 1.29 is 9.90 Å². The van der Waals surface area contributed by atoms with Gasteiger partial charge in [0.2, 0.25) is 0 Å². The molecule has 1 aliphatic heterocycles. The van der Waals surface area contributed by atoms with E-state index in [1.54, 1.807) is 6.07 Å². The van der Waals surface area contributed by atoms with Gasteiger partial charge in [0.15, 0.2) is 0 Å². The fraction of sp³-hybridized carbons (Fsp3) is 0.316.